The van der Waals surface area contributed by atoms with E-state index in [-0.39, 0.29) is 5.38 Å². The summed E-state index contributed by atoms with van der Waals surface area (Å²) >= 11 is 20.6. The van der Waals surface area contributed by atoms with Crippen LogP contribution in [0.2, 0.25) is 10.0 Å². The van der Waals surface area contributed by atoms with Gasteiger partial charge < -0.3 is 0 Å². The van der Waals surface area contributed by atoms with Crippen molar-refractivity contribution in [1.82, 2.24) is 0 Å². The van der Waals surface area contributed by atoms with Crippen LogP contribution in [0.25, 0.3) is 0 Å². The van der Waals surface area contributed by atoms with Gasteiger partial charge in [-0.2, -0.15) is 0 Å². The number of halogens is 4. The van der Waals surface area contributed by atoms with Crippen molar-refractivity contribution in [3.05, 3.63) is 67.2 Å². The molecule has 0 N–H and O–H groups in total. The maximum absolute atomic E-state index is 6.46. The van der Waals surface area contributed by atoms with Crippen LogP contribution in [-0.2, 0) is 6.42 Å². The van der Waals surface area contributed by atoms with Gasteiger partial charge in [0.2, 0.25) is 0 Å². The van der Waals surface area contributed by atoms with Crippen LogP contribution < -0.4 is 0 Å². The summed E-state index contributed by atoms with van der Waals surface area (Å²) in [6.07, 6.45) is 0.759. The lowest BCUT2D eigenvalue weighted by atomic mass is 10.0. The summed E-state index contributed by atoms with van der Waals surface area (Å²) in [5.74, 6) is 0. The largest absolute Gasteiger partial charge is 0.117 e. The Morgan fingerprint density at radius 2 is 1.56 bits per heavy atom. The quantitative estimate of drug-likeness (QED) is 0.422. The molecule has 0 radical (unpaired) electrons. The average Bonchev–Trinajstić information content (AvgIpc) is 2.35. The first-order valence-corrected chi connectivity index (χ1v) is 7.67. The third-order valence-electron chi connectivity index (χ3n) is 2.62. The third kappa shape index (κ3) is 3.77. The molecule has 0 saturated carbocycles. The SMILES string of the molecule is Clc1ccc(CC(Cl)c2cc(Cl)ccc2I)cc1. The van der Waals surface area contributed by atoms with Crippen LogP contribution in [0.1, 0.15) is 16.5 Å². The van der Waals surface area contributed by atoms with E-state index in [0.29, 0.717) is 5.02 Å². The zero-order chi connectivity index (χ0) is 13.1. The molecule has 0 aliphatic heterocycles. The van der Waals surface area contributed by atoms with Crippen molar-refractivity contribution in [2.45, 2.75) is 11.8 Å². The molecular weight excluding hydrogens is 401 g/mol. The molecule has 0 nitrogen and oxygen atoms in total. The minimum Gasteiger partial charge on any atom is -0.117 e. The van der Waals surface area contributed by atoms with Crippen molar-refractivity contribution in [3.63, 3.8) is 0 Å². The van der Waals surface area contributed by atoms with Gasteiger partial charge in [-0.05, 0) is 70.5 Å². The molecule has 2 rings (SSSR count). The van der Waals surface area contributed by atoms with Crippen LogP contribution in [0.15, 0.2) is 42.5 Å². The fourth-order valence-corrected chi connectivity index (χ4v) is 3.25. The number of alkyl halides is 1. The van der Waals surface area contributed by atoms with Gasteiger partial charge in [0, 0.05) is 13.6 Å². The van der Waals surface area contributed by atoms with Gasteiger partial charge in [-0.3, -0.25) is 0 Å². The van der Waals surface area contributed by atoms with Crippen LogP contribution >= 0.6 is 57.4 Å². The Hall–Kier alpha value is 0.0400. The molecule has 1 unspecified atom stereocenters. The highest BCUT2D eigenvalue weighted by Crippen LogP contribution is 2.31. The normalized spacial score (nSPS) is 12.4. The Labute approximate surface area is 135 Å². The van der Waals surface area contributed by atoms with Crippen LogP contribution in [0, 0.1) is 3.57 Å². The molecule has 0 bridgehead atoms. The monoisotopic (exact) mass is 410 g/mol. The van der Waals surface area contributed by atoms with Gasteiger partial charge in [0.05, 0.1) is 5.38 Å². The molecule has 0 saturated heterocycles. The van der Waals surface area contributed by atoms with Crippen molar-refractivity contribution in [2.75, 3.05) is 0 Å². The van der Waals surface area contributed by atoms with Crippen molar-refractivity contribution in [1.29, 1.82) is 0 Å². The molecule has 94 valence electrons. The zero-order valence-electron chi connectivity index (χ0n) is 9.34. The van der Waals surface area contributed by atoms with E-state index in [1.807, 2.05) is 42.5 Å². The molecular formula is C14H10Cl3I. The molecule has 0 fully saturated rings. The molecule has 2 aromatic rings. The smallest absolute Gasteiger partial charge is 0.0636 e. The highest BCUT2D eigenvalue weighted by molar-refractivity contribution is 14.1. The predicted molar refractivity (Wildman–Crippen MR) is 87.9 cm³/mol. The fraction of sp³-hybridized carbons (Fsp3) is 0.143. The molecule has 0 aromatic heterocycles. The standard InChI is InChI=1S/C14H10Cl3I/c15-10-3-1-9(2-4-10)7-13(17)12-8-11(16)5-6-14(12)18/h1-6,8,13H,7H2. The Morgan fingerprint density at radius 3 is 2.22 bits per heavy atom. The van der Waals surface area contributed by atoms with Crippen molar-refractivity contribution in [3.8, 4) is 0 Å². The topological polar surface area (TPSA) is 0 Å². The van der Waals surface area contributed by atoms with Crippen LogP contribution in [0.5, 0.6) is 0 Å². The lowest BCUT2D eigenvalue weighted by Gasteiger charge is -2.12. The minimum atomic E-state index is -0.0863. The summed E-state index contributed by atoms with van der Waals surface area (Å²) in [6.45, 7) is 0. The van der Waals surface area contributed by atoms with E-state index >= 15 is 0 Å². The molecule has 0 amide bonds. The summed E-state index contributed by atoms with van der Waals surface area (Å²) < 4.78 is 1.13. The number of hydrogen-bond donors (Lipinski definition) is 0. The first-order chi connectivity index (χ1) is 8.56. The maximum Gasteiger partial charge on any atom is 0.0636 e. The number of rotatable bonds is 3. The lowest BCUT2D eigenvalue weighted by molar-refractivity contribution is 0.914. The van der Waals surface area contributed by atoms with Gasteiger partial charge in [-0.15, -0.1) is 11.6 Å². The minimum absolute atomic E-state index is 0.0863. The lowest BCUT2D eigenvalue weighted by Crippen LogP contribution is -1.98. The Bertz CT molecular complexity index is 537. The van der Waals surface area contributed by atoms with Gasteiger partial charge in [0.25, 0.3) is 0 Å². The van der Waals surface area contributed by atoms with Crippen molar-refractivity contribution < 1.29 is 0 Å². The first kappa shape index (κ1) is 14.4. The van der Waals surface area contributed by atoms with E-state index in [4.69, 9.17) is 34.8 Å². The van der Waals surface area contributed by atoms with E-state index in [0.717, 1.165) is 26.1 Å². The second-order valence-corrected chi connectivity index (χ2v) is 6.53. The van der Waals surface area contributed by atoms with Crippen molar-refractivity contribution >= 4 is 57.4 Å². The molecule has 1 atom stereocenters. The van der Waals surface area contributed by atoms with E-state index in [9.17, 15) is 0 Å². The Kier molecular flexibility index (Phi) is 5.19. The highest BCUT2D eigenvalue weighted by Gasteiger charge is 2.13. The van der Waals surface area contributed by atoms with Gasteiger partial charge in [-0.1, -0.05) is 35.3 Å². The highest BCUT2D eigenvalue weighted by atomic mass is 127. The molecule has 0 aliphatic rings. The molecule has 0 heterocycles. The fourth-order valence-electron chi connectivity index (χ4n) is 1.69. The predicted octanol–water partition coefficient (Wildman–Crippen LogP) is 6.12. The Morgan fingerprint density at radius 1 is 0.944 bits per heavy atom. The summed E-state index contributed by atoms with van der Waals surface area (Å²) in [5, 5.41) is 1.37. The Balaban J connectivity index is 2.18. The zero-order valence-corrected chi connectivity index (χ0v) is 13.8. The van der Waals surface area contributed by atoms with Crippen LogP contribution in [0.4, 0.5) is 0 Å². The average molecular weight is 411 g/mol. The molecule has 2 aromatic carbocycles. The number of benzene rings is 2. The molecule has 0 aliphatic carbocycles. The van der Waals surface area contributed by atoms with Gasteiger partial charge in [0.1, 0.15) is 0 Å². The van der Waals surface area contributed by atoms with E-state index in [2.05, 4.69) is 22.6 Å². The van der Waals surface area contributed by atoms with Gasteiger partial charge in [0.15, 0.2) is 0 Å². The third-order valence-corrected chi connectivity index (χ3v) is 4.48. The molecule has 0 spiro atoms. The van der Waals surface area contributed by atoms with Crippen LogP contribution in [-0.4, -0.2) is 0 Å². The maximum atomic E-state index is 6.46. The summed E-state index contributed by atoms with van der Waals surface area (Å²) in [4.78, 5) is 0. The van der Waals surface area contributed by atoms with E-state index in [1.165, 1.54) is 0 Å². The number of hydrogen-bond acceptors (Lipinski definition) is 0. The summed E-state index contributed by atoms with van der Waals surface area (Å²) in [5.41, 5.74) is 2.23. The van der Waals surface area contributed by atoms with Gasteiger partial charge >= 0.3 is 0 Å². The second kappa shape index (κ2) is 6.47. The van der Waals surface area contributed by atoms with E-state index in [1.54, 1.807) is 0 Å². The van der Waals surface area contributed by atoms with E-state index < -0.39 is 0 Å². The molecule has 18 heavy (non-hydrogen) atoms. The molecule has 4 heteroatoms. The van der Waals surface area contributed by atoms with Crippen molar-refractivity contribution in [2.24, 2.45) is 0 Å². The van der Waals surface area contributed by atoms with Crippen LogP contribution in [0.3, 0.4) is 0 Å². The summed E-state index contributed by atoms with van der Waals surface area (Å²) in [7, 11) is 0. The summed E-state index contributed by atoms with van der Waals surface area (Å²) in [6, 6.07) is 13.5. The second-order valence-electron chi connectivity index (χ2n) is 3.96. The van der Waals surface area contributed by atoms with Gasteiger partial charge in [-0.25, -0.2) is 0 Å². The first-order valence-electron chi connectivity index (χ1n) is 5.40.